The zero-order valence-electron chi connectivity index (χ0n) is 13.0. The Hall–Kier alpha value is -1.26. The van der Waals surface area contributed by atoms with Crippen molar-refractivity contribution in [2.75, 3.05) is 20.8 Å². The van der Waals surface area contributed by atoms with E-state index in [1.54, 1.807) is 14.2 Å². The maximum absolute atomic E-state index is 9.52. The van der Waals surface area contributed by atoms with Crippen molar-refractivity contribution in [1.29, 1.82) is 0 Å². The standard InChI is InChI=1S/C16H27NO3/c1-5-14(18)8-9-17-12(2)10-13-6-7-15(19-3)16(11-13)20-4/h6-7,11-12,14,17-18H,5,8-10H2,1-4H3. The Morgan fingerprint density at radius 3 is 2.50 bits per heavy atom. The maximum Gasteiger partial charge on any atom is 0.160 e. The molecular formula is C16H27NO3. The first-order valence-corrected chi connectivity index (χ1v) is 7.23. The third-order valence-electron chi connectivity index (χ3n) is 3.43. The number of ether oxygens (including phenoxy) is 2. The molecule has 0 fully saturated rings. The van der Waals surface area contributed by atoms with Gasteiger partial charge in [0.1, 0.15) is 0 Å². The fourth-order valence-corrected chi connectivity index (χ4v) is 2.13. The van der Waals surface area contributed by atoms with Crippen LogP contribution in [-0.2, 0) is 6.42 Å². The molecule has 1 rings (SSSR count). The number of hydrogen-bond acceptors (Lipinski definition) is 4. The van der Waals surface area contributed by atoms with Crippen LogP contribution in [0, 0.1) is 0 Å². The number of benzene rings is 1. The Balaban J connectivity index is 2.47. The van der Waals surface area contributed by atoms with Crippen molar-refractivity contribution in [3.05, 3.63) is 23.8 Å². The van der Waals surface area contributed by atoms with Gasteiger partial charge in [0.25, 0.3) is 0 Å². The van der Waals surface area contributed by atoms with Gasteiger partial charge in [-0.15, -0.1) is 0 Å². The summed E-state index contributed by atoms with van der Waals surface area (Å²) in [5.41, 5.74) is 1.21. The van der Waals surface area contributed by atoms with E-state index in [0.717, 1.165) is 37.3 Å². The highest BCUT2D eigenvalue weighted by atomic mass is 16.5. The Kier molecular flexibility index (Phi) is 7.41. The summed E-state index contributed by atoms with van der Waals surface area (Å²) in [4.78, 5) is 0. The second-order valence-electron chi connectivity index (χ2n) is 5.10. The molecule has 0 aliphatic rings. The summed E-state index contributed by atoms with van der Waals surface area (Å²) in [6.07, 6.45) is 2.33. The van der Waals surface area contributed by atoms with Gasteiger partial charge in [-0.1, -0.05) is 13.0 Å². The number of aliphatic hydroxyl groups excluding tert-OH is 1. The average Bonchev–Trinajstić information content (AvgIpc) is 2.46. The largest absolute Gasteiger partial charge is 0.493 e. The normalized spacial score (nSPS) is 13.8. The Bertz CT molecular complexity index is 395. The molecule has 0 saturated carbocycles. The molecule has 0 spiro atoms. The monoisotopic (exact) mass is 281 g/mol. The van der Waals surface area contributed by atoms with Crippen molar-refractivity contribution in [3.8, 4) is 11.5 Å². The van der Waals surface area contributed by atoms with Crippen molar-refractivity contribution in [2.24, 2.45) is 0 Å². The minimum Gasteiger partial charge on any atom is -0.493 e. The van der Waals surface area contributed by atoms with E-state index in [-0.39, 0.29) is 6.10 Å². The first-order chi connectivity index (χ1) is 9.60. The highest BCUT2D eigenvalue weighted by Gasteiger charge is 2.08. The number of nitrogens with one attached hydrogen (secondary N) is 1. The number of aliphatic hydroxyl groups is 1. The van der Waals surface area contributed by atoms with Crippen LogP contribution in [0.3, 0.4) is 0 Å². The van der Waals surface area contributed by atoms with E-state index in [2.05, 4.69) is 18.3 Å². The first-order valence-electron chi connectivity index (χ1n) is 7.23. The van der Waals surface area contributed by atoms with Gasteiger partial charge < -0.3 is 19.9 Å². The predicted octanol–water partition coefficient (Wildman–Crippen LogP) is 2.39. The molecular weight excluding hydrogens is 254 g/mol. The van der Waals surface area contributed by atoms with E-state index in [0.29, 0.717) is 6.04 Å². The van der Waals surface area contributed by atoms with Crippen LogP contribution in [0.5, 0.6) is 11.5 Å². The first kappa shape index (κ1) is 16.8. The minimum absolute atomic E-state index is 0.198. The Morgan fingerprint density at radius 2 is 1.90 bits per heavy atom. The summed E-state index contributed by atoms with van der Waals surface area (Å²) >= 11 is 0. The number of rotatable bonds is 9. The third kappa shape index (κ3) is 5.39. The maximum atomic E-state index is 9.52. The van der Waals surface area contributed by atoms with Gasteiger partial charge in [0, 0.05) is 6.04 Å². The fraction of sp³-hybridized carbons (Fsp3) is 0.625. The van der Waals surface area contributed by atoms with Crippen molar-refractivity contribution < 1.29 is 14.6 Å². The van der Waals surface area contributed by atoms with E-state index < -0.39 is 0 Å². The van der Waals surface area contributed by atoms with E-state index in [9.17, 15) is 5.11 Å². The molecule has 0 amide bonds. The average molecular weight is 281 g/mol. The lowest BCUT2D eigenvalue weighted by atomic mass is 10.1. The fourth-order valence-electron chi connectivity index (χ4n) is 2.13. The lowest BCUT2D eigenvalue weighted by Gasteiger charge is -2.16. The molecule has 0 radical (unpaired) electrons. The van der Waals surface area contributed by atoms with Gasteiger partial charge in [-0.2, -0.15) is 0 Å². The van der Waals surface area contributed by atoms with Crippen LogP contribution >= 0.6 is 0 Å². The molecule has 1 aromatic carbocycles. The lowest BCUT2D eigenvalue weighted by molar-refractivity contribution is 0.159. The Morgan fingerprint density at radius 1 is 1.20 bits per heavy atom. The summed E-state index contributed by atoms with van der Waals surface area (Å²) < 4.78 is 10.5. The van der Waals surface area contributed by atoms with Gasteiger partial charge in [-0.25, -0.2) is 0 Å². The molecule has 2 unspecified atom stereocenters. The molecule has 0 aromatic heterocycles. The summed E-state index contributed by atoms with van der Waals surface area (Å²) in [5, 5.41) is 12.9. The van der Waals surface area contributed by atoms with Gasteiger partial charge in [-0.05, 0) is 50.4 Å². The summed E-state index contributed by atoms with van der Waals surface area (Å²) in [6, 6.07) is 6.36. The molecule has 4 heteroatoms. The molecule has 20 heavy (non-hydrogen) atoms. The van der Waals surface area contributed by atoms with Gasteiger partial charge >= 0.3 is 0 Å². The second-order valence-corrected chi connectivity index (χ2v) is 5.10. The SMILES string of the molecule is CCC(O)CCNC(C)Cc1ccc(OC)c(OC)c1. The van der Waals surface area contributed by atoms with Crippen LogP contribution in [0.4, 0.5) is 0 Å². The second kappa shape index (κ2) is 8.82. The molecule has 0 aliphatic carbocycles. The minimum atomic E-state index is -0.198. The molecule has 2 N–H and O–H groups in total. The summed E-state index contributed by atoms with van der Waals surface area (Å²) in [5.74, 6) is 1.52. The van der Waals surface area contributed by atoms with Crippen molar-refractivity contribution in [2.45, 2.75) is 45.3 Å². The zero-order chi connectivity index (χ0) is 15.0. The highest BCUT2D eigenvalue weighted by molar-refractivity contribution is 5.43. The topological polar surface area (TPSA) is 50.7 Å². The smallest absolute Gasteiger partial charge is 0.160 e. The number of hydrogen-bond donors (Lipinski definition) is 2. The third-order valence-corrected chi connectivity index (χ3v) is 3.43. The highest BCUT2D eigenvalue weighted by Crippen LogP contribution is 2.27. The molecule has 0 heterocycles. The van der Waals surface area contributed by atoms with Crippen LogP contribution in [0.2, 0.25) is 0 Å². The Labute approximate surface area is 122 Å². The molecule has 114 valence electrons. The lowest BCUT2D eigenvalue weighted by Crippen LogP contribution is -2.30. The van der Waals surface area contributed by atoms with Crippen LogP contribution in [0.15, 0.2) is 18.2 Å². The number of methoxy groups -OCH3 is 2. The van der Waals surface area contributed by atoms with Crippen LogP contribution in [-0.4, -0.2) is 38.0 Å². The van der Waals surface area contributed by atoms with E-state index >= 15 is 0 Å². The van der Waals surface area contributed by atoms with Gasteiger partial charge in [0.2, 0.25) is 0 Å². The molecule has 0 aliphatic heterocycles. The van der Waals surface area contributed by atoms with Crippen LogP contribution in [0.25, 0.3) is 0 Å². The van der Waals surface area contributed by atoms with Gasteiger partial charge in [0.05, 0.1) is 20.3 Å². The molecule has 4 nitrogen and oxygen atoms in total. The molecule has 0 bridgehead atoms. The van der Waals surface area contributed by atoms with Crippen LogP contribution < -0.4 is 14.8 Å². The zero-order valence-corrected chi connectivity index (χ0v) is 13.0. The molecule has 0 saturated heterocycles. The molecule has 2 atom stereocenters. The summed E-state index contributed by atoms with van der Waals surface area (Å²) in [6.45, 7) is 4.98. The van der Waals surface area contributed by atoms with E-state index in [4.69, 9.17) is 9.47 Å². The summed E-state index contributed by atoms with van der Waals surface area (Å²) in [7, 11) is 3.29. The predicted molar refractivity (Wildman–Crippen MR) is 81.6 cm³/mol. The van der Waals surface area contributed by atoms with E-state index in [1.807, 2.05) is 19.1 Å². The van der Waals surface area contributed by atoms with Crippen molar-refractivity contribution >= 4 is 0 Å². The van der Waals surface area contributed by atoms with Crippen molar-refractivity contribution in [3.63, 3.8) is 0 Å². The quantitative estimate of drug-likeness (QED) is 0.730. The van der Waals surface area contributed by atoms with Crippen molar-refractivity contribution in [1.82, 2.24) is 5.32 Å². The van der Waals surface area contributed by atoms with Gasteiger partial charge in [-0.3, -0.25) is 0 Å². The van der Waals surface area contributed by atoms with Gasteiger partial charge in [0.15, 0.2) is 11.5 Å². The van der Waals surface area contributed by atoms with E-state index in [1.165, 1.54) is 5.56 Å². The van der Waals surface area contributed by atoms with Crippen LogP contribution in [0.1, 0.15) is 32.3 Å². The molecule has 1 aromatic rings.